The van der Waals surface area contributed by atoms with Crippen LogP contribution in [0.4, 0.5) is 5.69 Å². The number of rotatable bonds is 4. The first-order chi connectivity index (χ1) is 8.72. The van der Waals surface area contributed by atoms with E-state index in [4.69, 9.17) is 10.7 Å². The van der Waals surface area contributed by atoms with Gasteiger partial charge in [-0.15, -0.1) is 0 Å². The van der Waals surface area contributed by atoms with Gasteiger partial charge in [0.25, 0.3) is 0 Å². The van der Waals surface area contributed by atoms with Crippen molar-refractivity contribution in [2.75, 3.05) is 18.1 Å². The van der Waals surface area contributed by atoms with Gasteiger partial charge in [0.2, 0.25) is 0 Å². The van der Waals surface area contributed by atoms with Crippen LogP contribution in [0.5, 0.6) is 0 Å². The molecule has 1 aliphatic rings. The van der Waals surface area contributed by atoms with Crippen LogP contribution in [0.15, 0.2) is 22.7 Å². The first-order valence-corrected chi connectivity index (χ1v) is 7.36. The van der Waals surface area contributed by atoms with Crippen molar-refractivity contribution in [3.8, 4) is 0 Å². The normalized spacial score (nSPS) is 20.2. The van der Waals surface area contributed by atoms with Crippen LogP contribution in [0, 0.1) is 6.92 Å². The van der Waals surface area contributed by atoms with Crippen molar-refractivity contribution >= 4 is 21.6 Å². The summed E-state index contributed by atoms with van der Waals surface area (Å²) in [5.74, 6) is 5.15. The Kier molecular flexibility index (Phi) is 5.03. The molecule has 2 rings (SSSR count). The lowest BCUT2D eigenvalue weighted by Crippen LogP contribution is -2.40. The predicted octanol–water partition coefficient (Wildman–Crippen LogP) is 3.40. The fraction of sp³-hybridized carbons (Fsp3) is 0.571. The molecule has 0 saturated carbocycles. The van der Waals surface area contributed by atoms with Gasteiger partial charge in [-0.2, -0.15) is 0 Å². The van der Waals surface area contributed by atoms with E-state index in [0.29, 0.717) is 12.6 Å². The van der Waals surface area contributed by atoms with E-state index in [2.05, 4.69) is 46.0 Å². The Balaban J connectivity index is 2.14. The number of aryl methyl sites for hydroxylation is 1. The Morgan fingerprint density at radius 3 is 3.00 bits per heavy atom. The number of piperidine rings is 1. The van der Waals surface area contributed by atoms with Crippen LogP contribution < -0.4 is 10.8 Å². The standard InChI is InChI=1S/C14H21BrN2O/c1-11-10-13(5-6-14(11)15)17-8-3-2-4-12(17)7-9-18-16/h5-6,10,12H,2-4,7-9,16H2,1H3. The number of halogens is 1. The Labute approximate surface area is 117 Å². The van der Waals surface area contributed by atoms with Crippen LogP contribution >= 0.6 is 15.9 Å². The molecule has 1 fully saturated rings. The van der Waals surface area contributed by atoms with Crippen LogP contribution in [0.25, 0.3) is 0 Å². The molecule has 0 aromatic heterocycles. The molecule has 3 nitrogen and oxygen atoms in total. The van der Waals surface area contributed by atoms with E-state index in [1.807, 2.05) is 0 Å². The predicted molar refractivity (Wildman–Crippen MR) is 78.6 cm³/mol. The highest BCUT2D eigenvalue weighted by Gasteiger charge is 2.22. The maximum absolute atomic E-state index is 5.15. The molecule has 1 unspecified atom stereocenters. The summed E-state index contributed by atoms with van der Waals surface area (Å²) >= 11 is 3.56. The van der Waals surface area contributed by atoms with Gasteiger partial charge in [-0.05, 0) is 56.4 Å². The largest absolute Gasteiger partial charge is 0.368 e. The summed E-state index contributed by atoms with van der Waals surface area (Å²) in [5.41, 5.74) is 2.60. The topological polar surface area (TPSA) is 38.5 Å². The number of benzene rings is 1. The smallest absolute Gasteiger partial charge is 0.0698 e. The van der Waals surface area contributed by atoms with Gasteiger partial charge in [0.15, 0.2) is 0 Å². The molecule has 1 atom stereocenters. The lowest BCUT2D eigenvalue weighted by atomic mass is 9.98. The third kappa shape index (κ3) is 3.25. The zero-order valence-corrected chi connectivity index (χ0v) is 12.4. The maximum Gasteiger partial charge on any atom is 0.0698 e. The molecule has 1 aromatic carbocycles. The Morgan fingerprint density at radius 1 is 1.44 bits per heavy atom. The molecule has 0 aliphatic carbocycles. The highest BCUT2D eigenvalue weighted by atomic mass is 79.9. The van der Waals surface area contributed by atoms with E-state index < -0.39 is 0 Å². The number of anilines is 1. The monoisotopic (exact) mass is 312 g/mol. The van der Waals surface area contributed by atoms with E-state index >= 15 is 0 Å². The lowest BCUT2D eigenvalue weighted by molar-refractivity contribution is 0.127. The molecule has 100 valence electrons. The minimum atomic E-state index is 0.558. The van der Waals surface area contributed by atoms with E-state index in [1.165, 1.54) is 35.0 Å². The molecular formula is C14H21BrN2O. The van der Waals surface area contributed by atoms with Crippen molar-refractivity contribution in [1.29, 1.82) is 0 Å². The molecule has 18 heavy (non-hydrogen) atoms. The highest BCUT2D eigenvalue weighted by molar-refractivity contribution is 9.10. The number of hydrogen-bond donors (Lipinski definition) is 1. The molecule has 1 aromatic rings. The zero-order chi connectivity index (χ0) is 13.0. The summed E-state index contributed by atoms with van der Waals surface area (Å²) in [6.07, 6.45) is 4.82. The summed E-state index contributed by atoms with van der Waals surface area (Å²) in [6, 6.07) is 7.14. The summed E-state index contributed by atoms with van der Waals surface area (Å²) in [7, 11) is 0. The van der Waals surface area contributed by atoms with Gasteiger partial charge in [-0.3, -0.25) is 0 Å². The van der Waals surface area contributed by atoms with Gasteiger partial charge in [-0.1, -0.05) is 15.9 Å². The van der Waals surface area contributed by atoms with Gasteiger partial charge in [0.05, 0.1) is 6.61 Å². The second kappa shape index (κ2) is 6.55. The molecule has 0 amide bonds. The van der Waals surface area contributed by atoms with Crippen molar-refractivity contribution in [3.05, 3.63) is 28.2 Å². The van der Waals surface area contributed by atoms with Crippen LogP contribution in [-0.4, -0.2) is 19.2 Å². The van der Waals surface area contributed by atoms with E-state index in [0.717, 1.165) is 13.0 Å². The van der Waals surface area contributed by atoms with E-state index in [-0.39, 0.29) is 0 Å². The highest BCUT2D eigenvalue weighted by Crippen LogP contribution is 2.29. The van der Waals surface area contributed by atoms with Crippen molar-refractivity contribution in [2.45, 2.75) is 38.6 Å². The maximum atomic E-state index is 5.15. The van der Waals surface area contributed by atoms with Crippen molar-refractivity contribution in [1.82, 2.24) is 0 Å². The molecule has 0 spiro atoms. The van der Waals surface area contributed by atoms with E-state index in [1.54, 1.807) is 0 Å². The van der Waals surface area contributed by atoms with Crippen molar-refractivity contribution in [2.24, 2.45) is 5.90 Å². The molecule has 1 heterocycles. The molecule has 2 N–H and O–H groups in total. The Morgan fingerprint density at radius 2 is 2.28 bits per heavy atom. The third-order valence-electron chi connectivity index (χ3n) is 3.67. The van der Waals surface area contributed by atoms with Crippen molar-refractivity contribution in [3.63, 3.8) is 0 Å². The number of nitrogens with zero attached hydrogens (tertiary/aromatic N) is 1. The second-order valence-electron chi connectivity index (χ2n) is 4.94. The molecule has 1 saturated heterocycles. The fourth-order valence-corrected chi connectivity index (χ4v) is 2.90. The molecule has 4 heteroatoms. The van der Waals surface area contributed by atoms with Crippen LogP contribution in [0.3, 0.4) is 0 Å². The Hall–Kier alpha value is -0.580. The van der Waals surface area contributed by atoms with Crippen molar-refractivity contribution < 1.29 is 4.84 Å². The SMILES string of the molecule is Cc1cc(N2CCCCC2CCON)ccc1Br. The summed E-state index contributed by atoms with van der Waals surface area (Å²) in [4.78, 5) is 7.24. The minimum Gasteiger partial charge on any atom is -0.368 e. The zero-order valence-electron chi connectivity index (χ0n) is 10.9. The average Bonchev–Trinajstić information content (AvgIpc) is 2.40. The molecule has 0 bridgehead atoms. The molecule has 1 aliphatic heterocycles. The van der Waals surface area contributed by atoms with E-state index in [9.17, 15) is 0 Å². The third-order valence-corrected chi connectivity index (χ3v) is 4.56. The lowest BCUT2D eigenvalue weighted by Gasteiger charge is -2.37. The fourth-order valence-electron chi connectivity index (χ4n) is 2.65. The average molecular weight is 313 g/mol. The van der Waals surface area contributed by atoms with Gasteiger partial charge in [0, 0.05) is 22.7 Å². The quantitative estimate of drug-likeness (QED) is 0.866. The number of nitrogens with two attached hydrogens (primary N) is 1. The Bertz CT molecular complexity index is 397. The van der Waals surface area contributed by atoms with Crippen LogP contribution in [-0.2, 0) is 4.84 Å². The summed E-state index contributed by atoms with van der Waals surface area (Å²) < 4.78 is 1.17. The van der Waals surface area contributed by atoms with Gasteiger partial charge in [-0.25, -0.2) is 5.90 Å². The second-order valence-corrected chi connectivity index (χ2v) is 5.79. The summed E-state index contributed by atoms with van der Waals surface area (Å²) in [6.45, 7) is 3.91. The van der Waals surface area contributed by atoms with Crippen LogP contribution in [0.1, 0.15) is 31.2 Å². The summed E-state index contributed by atoms with van der Waals surface area (Å²) in [5, 5.41) is 0. The number of hydrogen-bond acceptors (Lipinski definition) is 3. The van der Waals surface area contributed by atoms with Gasteiger partial charge in [0.1, 0.15) is 0 Å². The first-order valence-electron chi connectivity index (χ1n) is 6.57. The van der Waals surface area contributed by atoms with Gasteiger partial charge >= 0.3 is 0 Å². The molecule has 0 radical (unpaired) electrons. The van der Waals surface area contributed by atoms with Gasteiger partial charge < -0.3 is 9.74 Å². The molecular weight excluding hydrogens is 292 g/mol. The first kappa shape index (κ1) is 13.8. The van der Waals surface area contributed by atoms with Crippen LogP contribution in [0.2, 0.25) is 0 Å². The minimum absolute atomic E-state index is 0.558.